The Bertz CT molecular complexity index is 741. The zero-order chi connectivity index (χ0) is 15.7. The summed E-state index contributed by atoms with van der Waals surface area (Å²) in [5.41, 5.74) is 5.61. The van der Waals surface area contributed by atoms with E-state index in [1.54, 1.807) is 12.1 Å². The monoisotopic (exact) mass is 301 g/mol. The van der Waals surface area contributed by atoms with Crippen LogP contribution < -0.4 is 11.1 Å². The fourth-order valence-electron chi connectivity index (χ4n) is 2.54. The minimum Gasteiger partial charge on any atom is -0.370 e. The highest BCUT2D eigenvalue weighted by atomic mass is 19.1. The lowest BCUT2D eigenvalue weighted by Crippen LogP contribution is -2.40. The van der Waals surface area contributed by atoms with Gasteiger partial charge in [-0.25, -0.2) is 13.8 Å². The Labute approximate surface area is 125 Å². The molecule has 2 aromatic rings. The van der Waals surface area contributed by atoms with Gasteiger partial charge in [-0.1, -0.05) is 24.3 Å². The molecule has 4 nitrogen and oxygen atoms in total. The Morgan fingerprint density at radius 3 is 2.05 bits per heavy atom. The van der Waals surface area contributed by atoms with Crippen molar-refractivity contribution in [1.82, 2.24) is 5.32 Å². The summed E-state index contributed by atoms with van der Waals surface area (Å²) < 4.78 is 26.2. The number of benzene rings is 2. The van der Waals surface area contributed by atoms with Crippen molar-refractivity contribution in [3.8, 4) is 0 Å². The molecule has 22 heavy (non-hydrogen) atoms. The average molecular weight is 301 g/mol. The van der Waals surface area contributed by atoms with Gasteiger partial charge < -0.3 is 5.73 Å². The SMILES string of the molecule is NC1=N[C@](Cc2ccc(F)cc2)(c2ccc(F)cc2)C(=O)N1. The fourth-order valence-corrected chi connectivity index (χ4v) is 2.54. The molecule has 0 saturated heterocycles. The molecule has 0 radical (unpaired) electrons. The molecule has 2 aromatic carbocycles. The van der Waals surface area contributed by atoms with Crippen molar-refractivity contribution in [2.24, 2.45) is 10.7 Å². The highest BCUT2D eigenvalue weighted by Crippen LogP contribution is 2.33. The van der Waals surface area contributed by atoms with E-state index in [4.69, 9.17) is 5.73 Å². The maximum Gasteiger partial charge on any atom is 0.259 e. The van der Waals surface area contributed by atoms with Gasteiger partial charge in [0, 0.05) is 6.42 Å². The van der Waals surface area contributed by atoms with Gasteiger partial charge in [-0.05, 0) is 35.4 Å². The normalized spacial score (nSPS) is 20.6. The molecule has 0 saturated carbocycles. The number of aliphatic imine (C=N–C) groups is 1. The standard InChI is InChI=1S/C16H13F2N3O/c17-12-5-1-10(2-6-12)9-16(14(22)20-15(19)21-16)11-3-7-13(18)8-4-11/h1-8H,9H2,(H3,19,20,21,22)/t16-/m1/s1. The summed E-state index contributed by atoms with van der Waals surface area (Å²) in [4.78, 5) is 16.6. The lowest BCUT2D eigenvalue weighted by atomic mass is 9.84. The lowest BCUT2D eigenvalue weighted by molar-refractivity contribution is -0.124. The number of hydrogen-bond donors (Lipinski definition) is 2. The van der Waals surface area contributed by atoms with E-state index in [0.717, 1.165) is 5.56 Å². The number of carbonyl (C=O) groups excluding carboxylic acids is 1. The average Bonchev–Trinajstić information content (AvgIpc) is 2.77. The molecule has 1 atom stereocenters. The molecular formula is C16H13F2N3O. The van der Waals surface area contributed by atoms with Gasteiger partial charge in [0.1, 0.15) is 11.6 Å². The molecule has 1 amide bonds. The predicted molar refractivity (Wildman–Crippen MR) is 77.9 cm³/mol. The highest BCUT2D eigenvalue weighted by molar-refractivity contribution is 6.07. The molecule has 112 valence electrons. The van der Waals surface area contributed by atoms with Crippen LogP contribution in [0.15, 0.2) is 53.5 Å². The van der Waals surface area contributed by atoms with Gasteiger partial charge in [0.25, 0.3) is 5.91 Å². The molecular weight excluding hydrogens is 288 g/mol. The summed E-state index contributed by atoms with van der Waals surface area (Å²) in [6.45, 7) is 0. The zero-order valence-electron chi connectivity index (χ0n) is 11.5. The van der Waals surface area contributed by atoms with Crippen LogP contribution >= 0.6 is 0 Å². The van der Waals surface area contributed by atoms with Gasteiger partial charge in [-0.2, -0.15) is 0 Å². The third-order valence-electron chi connectivity index (χ3n) is 3.62. The number of carbonyl (C=O) groups is 1. The first-order valence-electron chi connectivity index (χ1n) is 6.67. The first-order chi connectivity index (χ1) is 10.5. The Kier molecular flexibility index (Phi) is 3.36. The summed E-state index contributed by atoms with van der Waals surface area (Å²) in [6, 6.07) is 11.3. The number of amides is 1. The molecule has 1 heterocycles. The topological polar surface area (TPSA) is 67.5 Å². The number of halogens is 2. The van der Waals surface area contributed by atoms with E-state index in [1.807, 2.05) is 0 Å². The molecule has 0 spiro atoms. The number of nitrogens with two attached hydrogens (primary N) is 1. The van der Waals surface area contributed by atoms with Crippen LogP contribution in [0.5, 0.6) is 0 Å². The van der Waals surface area contributed by atoms with E-state index in [-0.39, 0.29) is 24.1 Å². The molecule has 0 fully saturated rings. The van der Waals surface area contributed by atoms with Gasteiger partial charge >= 0.3 is 0 Å². The van der Waals surface area contributed by atoms with E-state index in [1.165, 1.54) is 36.4 Å². The van der Waals surface area contributed by atoms with Crippen LogP contribution in [0.25, 0.3) is 0 Å². The van der Waals surface area contributed by atoms with Crippen LogP contribution in [0.2, 0.25) is 0 Å². The van der Waals surface area contributed by atoms with Crippen molar-refractivity contribution in [1.29, 1.82) is 0 Å². The summed E-state index contributed by atoms with van der Waals surface area (Å²) in [5.74, 6) is -1.15. The van der Waals surface area contributed by atoms with Crippen LogP contribution in [0.3, 0.4) is 0 Å². The molecule has 3 rings (SSSR count). The van der Waals surface area contributed by atoms with Crippen molar-refractivity contribution >= 4 is 11.9 Å². The van der Waals surface area contributed by atoms with Gasteiger partial charge in [0.2, 0.25) is 0 Å². The smallest absolute Gasteiger partial charge is 0.259 e. The Hall–Kier alpha value is -2.76. The van der Waals surface area contributed by atoms with E-state index in [9.17, 15) is 13.6 Å². The molecule has 1 aliphatic heterocycles. The molecule has 0 unspecified atom stereocenters. The second-order valence-electron chi connectivity index (χ2n) is 5.12. The number of nitrogens with zero attached hydrogens (tertiary/aromatic N) is 1. The van der Waals surface area contributed by atoms with Gasteiger partial charge in [0.05, 0.1) is 0 Å². The quantitative estimate of drug-likeness (QED) is 0.908. The van der Waals surface area contributed by atoms with Crippen molar-refractivity contribution in [2.45, 2.75) is 12.0 Å². The zero-order valence-corrected chi connectivity index (χ0v) is 11.5. The second kappa shape index (κ2) is 5.22. The first kappa shape index (κ1) is 14.2. The minimum atomic E-state index is -1.27. The Morgan fingerprint density at radius 2 is 1.55 bits per heavy atom. The number of hydrogen-bond acceptors (Lipinski definition) is 3. The van der Waals surface area contributed by atoms with Crippen LogP contribution in [0.1, 0.15) is 11.1 Å². The molecule has 0 aromatic heterocycles. The lowest BCUT2D eigenvalue weighted by Gasteiger charge is -2.24. The Balaban J connectivity index is 2.06. The van der Waals surface area contributed by atoms with Gasteiger partial charge in [0.15, 0.2) is 11.5 Å². The maximum atomic E-state index is 13.1. The first-order valence-corrected chi connectivity index (χ1v) is 6.67. The second-order valence-corrected chi connectivity index (χ2v) is 5.12. The van der Waals surface area contributed by atoms with Crippen LogP contribution in [0.4, 0.5) is 8.78 Å². The third-order valence-corrected chi connectivity index (χ3v) is 3.62. The molecule has 3 N–H and O–H groups in total. The van der Waals surface area contributed by atoms with Crippen molar-refractivity contribution in [2.75, 3.05) is 0 Å². The summed E-state index contributed by atoms with van der Waals surface area (Å²) >= 11 is 0. The van der Waals surface area contributed by atoms with E-state index in [2.05, 4.69) is 10.3 Å². The van der Waals surface area contributed by atoms with Crippen LogP contribution in [-0.4, -0.2) is 11.9 Å². The summed E-state index contributed by atoms with van der Waals surface area (Å²) in [5, 5.41) is 2.47. The van der Waals surface area contributed by atoms with E-state index in [0.29, 0.717) is 5.56 Å². The maximum absolute atomic E-state index is 13.1. The summed E-state index contributed by atoms with van der Waals surface area (Å²) in [6.07, 6.45) is 0.200. The number of nitrogens with one attached hydrogen (secondary N) is 1. The largest absolute Gasteiger partial charge is 0.370 e. The van der Waals surface area contributed by atoms with Crippen LogP contribution in [0, 0.1) is 11.6 Å². The molecule has 1 aliphatic rings. The highest BCUT2D eigenvalue weighted by Gasteiger charge is 2.44. The van der Waals surface area contributed by atoms with Gasteiger partial charge in [-0.15, -0.1) is 0 Å². The van der Waals surface area contributed by atoms with Gasteiger partial charge in [-0.3, -0.25) is 10.1 Å². The molecule has 6 heteroatoms. The Morgan fingerprint density at radius 1 is 1.00 bits per heavy atom. The third kappa shape index (κ3) is 2.43. The van der Waals surface area contributed by atoms with Crippen molar-refractivity contribution < 1.29 is 13.6 Å². The van der Waals surface area contributed by atoms with Crippen LogP contribution in [-0.2, 0) is 16.8 Å². The van der Waals surface area contributed by atoms with Crippen molar-refractivity contribution in [3.63, 3.8) is 0 Å². The van der Waals surface area contributed by atoms with E-state index < -0.39 is 11.4 Å². The molecule has 0 aliphatic carbocycles. The van der Waals surface area contributed by atoms with E-state index >= 15 is 0 Å². The van der Waals surface area contributed by atoms with Crippen molar-refractivity contribution in [3.05, 3.63) is 71.3 Å². The summed E-state index contributed by atoms with van der Waals surface area (Å²) in [7, 11) is 0. The molecule has 0 bridgehead atoms. The predicted octanol–water partition coefficient (Wildman–Crippen LogP) is 1.85. The fraction of sp³-hybridized carbons (Fsp3) is 0.125. The minimum absolute atomic E-state index is 0.0106. The number of rotatable bonds is 3. The number of guanidine groups is 1.